The van der Waals surface area contributed by atoms with Gasteiger partial charge in [-0.1, -0.05) is 146 Å². The molecular weight excluding hydrogens is 807 g/mol. The summed E-state index contributed by atoms with van der Waals surface area (Å²) < 4.78 is 4.35. The molecule has 0 unspecified atom stereocenters. The first-order chi connectivity index (χ1) is 32.7. The molecule has 66 heavy (non-hydrogen) atoms. The smallest absolute Gasteiger partial charge is 0.0997 e. The molecule has 13 rings (SSSR count). The van der Waals surface area contributed by atoms with Crippen molar-refractivity contribution in [2.75, 3.05) is 0 Å². The number of aromatic nitrogens is 7. The van der Waals surface area contributed by atoms with Crippen LogP contribution in [0, 0.1) is 0 Å². The number of pyridine rings is 5. The Hall–Kier alpha value is -8.55. The maximum absolute atomic E-state index is 5.13. The molecule has 312 valence electrons. The van der Waals surface area contributed by atoms with E-state index in [9.17, 15) is 0 Å². The second-order valence-electron chi connectivity index (χ2n) is 17.3. The van der Waals surface area contributed by atoms with Crippen LogP contribution < -0.4 is 0 Å². The lowest BCUT2D eigenvalue weighted by atomic mass is 9.89. The minimum atomic E-state index is 0.843. The summed E-state index contributed by atoms with van der Waals surface area (Å²) in [7, 11) is 0. The second-order valence-corrected chi connectivity index (χ2v) is 17.3. The van der Waals surface area contributed by atoms with Gasteiger partial charge in [-0.25, -0.2) is 9.97 Å². The molecular formula is C59H41N7. The van der Waals surface area contributed by atoms with Crippen molar-refractivity contribution in [3.8, 4) is 33.5 Å². The minimum Gasteiger partial charge on any atom is -0.297 e. The minimum absolute atomic E-state index is 0.843. The molecule has 0 atom stereocenters. The predicted molar refractivity (Wildman–Crippen MR) is 269 cm³/mol. The normalized spacial score (nSPS) is 11.9. The third-order valence-electron chi connectivity index (χ3n) is 13.4. The third-order valence-corrected chi connectivity index (χ3v) is 13.4. The van der Waals surface area contributed by atoms with Gasteiger partial charge in [0.05, 0.1) is 63.8 Å². The first-order valence-corrected chi connectivity index (χ1v) is 22.6. The molecule has 13 aromatic rings. The van der Waals surface area contributed by atoms with Crippen molar-refractivity contribution >= 4 is 65.4 Å². The van der Waals surface area contributed by atoms with E-state index in [0.717, 1.165) is 108 Å². The molecule has 0 aliphatic carbocycles. The Morgan fingerprint density at radius 3 is 1.39 bits per heavy atom. The van der Waals surface area contributed by atoms with Crippen LogP contribution in [-0.2, 0) is 25.7 Å². The summed E-state index contributed by atoms with van der Waals surface area (Å²) in [6, 6.07) is 56.7. The van der Waals surface area contributed by atoms with E-state index in [4.69, 9.17) is 15.0 Å². The van der Waals surface area contributed by atoms with Crippen LogP contribution >= 0.6 is 0 Å². The van der Waals surface area contributed by atoms with Crippen LogP contribution in [-0.4, -0.2) is 33.7 Å². The van der Waals surface area contributed by atoms with Crippen LogP contribution in [0.3, 0.4) is 0 Å². The van der Waals surface area contributed by atoms with E-state index in [1.165, 1.54) is 38.8 Å². The van der Waals surface area contributed by atoms with E-state index in [0.29, 0.717) is 0 Å². The number of aryl methyl sites for hydroxylation is 4. The SMILES string of the molecule is c1ccc(-c2ncc(-c3ccccc3-c3cc(CCc4cnc5c6ccccc6c6cncn6c5c4)cc(CCc4cnc5c6ccccc6c6cncn6c5c4)c3)c3ccccc23)cc1. The van der Waals surface area contributed by atoms with Crippen molar-refractivity contribution in [1.29, 1.82) is 0 Å². The Morgan fingerprint density at radius 1 is 0.318 bits per heavy atom. The van der Waals surface area contributed by atoms with Crippen molar-refractivity contribution in [1.82, 2.24) is 33.7 Å². The Kier molecular flexibility index (Phi) is 8.98. The first kappa shape index (κ1) is 38.0. The highest BCUT2D eigenvalue weighted by molar-refractivity contribution is 6.12. The summed E-state index contributed by atoms with van der Waals surface area (Å²) in [5.41, 5.74) is 18.0. The number of rotatable bonds is 9. The van der Waals surface area contributed by atoms with Gasteiger partial charge in [-0.15, -0.1) is 0 Å². The van der Waals surface area contributed by atoms with Gasteiger partial charge in [0.15, 0.2) is 0 Å². The highest BCUT2D eigenvalue weighted by Crippen LogP contribution is 2.40. The molecule has 0 N–H and O–H groups in total. The standard InChI is InChI=1S/C59H41N7/c1-2-12-42(13-3-1)57-49-19-9-6-16-46(49)52(33-64-57)45-15-5-4-14-44(45)43-27-38(22-24-40-29-53-58(62-31-40)50-20-10-7-17-47(50)55-34-60-36-65(53)55)26-39(28-43)23-25-41-30-54-59(63-32-41)51-21-11-8-18-48(51)56-35-61-37-66(54)56/h1-21,26-37H,22-25H2. The number of fused-ring (bicyclic) bond motifs is 13. The zero-order valence-corrected chi connectivity index (χ0v) is 36.0. The van der Waals surface area contributed by atoms with Crippen LogP contribution in [0.4, 0.5) is 0 Å². The summed E-state index contributed by atoms with van der Waals surface area (Å²) in [6.07, 6.45) is 17.3. The monoisotopic (exact) mass is 847 g/mol. The van der Waals surface area contributed by atoms with E-state index in [1.807, 2.05) is 25.0 Å². The first-order valence-electron chi connectivity index (χ1n) is 22.6. The Morgan fingerprint density at radius 2 is 0.803 bits per heavy atom. The van der Waals surface area contributed by atoms with E-state index < -0.39 is 0 Å². The van der Waals surface area contributed by atoms with Crippen molar-refractivity contribution in [2.24, 2.45) is 0 Å². The molecule has 0 aliphatic heterocycles. The lowest BCUT2D eigenvalue weighted by Crippen LogP contribution is -2.00. The van der Waals surface area contributed by atoms with Gasteiger partial charge in [0.1, 0.15) is 0 Å². The summed E-state index contributed by atoms with van der Waals surface area (Å²) in [5, 5.41) is 6.93. The van der Waals surface area contributed by atoms with Crippen LogP contribution in [0.1, 0.15) is 22.3 Å². The van der Waals surface area contributed by atoms with Crippen molar-refractivity contribution < 1.29 is 0 Å². The van der Waals surface area contributed by atoms with Gasteiger partial charge in [0.25, 0.3) is 0 Å². The lowest BCUT2D eigenvalue weighted by molar-refractivity contribution is 0.925. The fraction of sp³-hybridized carbons (Fsp3) is 0.0678. The molecule has 0 bridgehead atoms. The fourth-order valence-electron chi connectivity index (χ4n) is 10.2. The molecule has 7 nitrogen and oxygen atoms in total. The van der Waals surface area contributed by atoms with Crippen LogP contribution in [0.2, 0.25) is 0 Å². The molecule has 7 heterocycles. The van der Waals surface area contributed by atoms with Crippen molar-refractivity contribution in [2.45, 2.75) is 25.7 Å². The molecule has 0 amide bonds. The predicted octanol–water partition coefficient (Wildman–Crippen LogP) is 13.5. The molecule has 7 heteroatoms. The number of hydrogen-bond donors (Lipinski definition) is 0. The zero-order valence-electron chi connectivity index (χ0n) is 36.0. The lowest BCUT2D eigenvalue weighted by Gasteiger charge is -2.17. The molecule has 0 spiro atoms. The molecule has 0 saturated carbocycles. The van der Waals surface area contributed by atoms with Gasteiger partial charge in [0.2, 0.25) is 0 Å². The molecule has 6 aromatic carbocycles. The van der Waals surface area contributed by atoms with Crippen molar-refractivity contribution in [3.05, 3.63) is 224 Å². The number of nitrogens with zero attached hydrogens (tertiary/aromatic N) is 7. The van der Waals surface area contributed by atoms with Gasteiger partial charge < -0.3 is 0 Å². The van der Waals surface area contributed by atoms with Gasteiger partial charge in [-0.3, -0.25) is 23.8 Å². The van der Waals surface area contributed by atoms with Gasteiger partial charge in [0, 0.05) is 56.6 Å². The van der Waals surface area contributed by atoms with E-state index >= 15 is 0 Å². The highest BCUT2D eigenvalue weighted by Gasteiger charge is 2.17. The van der Waals surface area contributed by atoms with Gasteiger partial charge in [-0.05, 0) is 82.1 Å². The van der Waals surface area contributed by atoms with Gasteiger partial charge >= 0.3 is 0 Å². The Balaban J connectivity index is 0.899. The largest absolute Gasteiger partial charge is 0.297 e. The van der Waals surface area contributed by atoms with E-state index in [-0.39, 0.29) is 0 Å². The third kappa shape index (κ3) is 6.39. The highest BCUT2D eigenvalue weighted by atomic mass is 15.0. The average molecular weight is 848 g/mol. The molecule has 0 radical (unpaired) electrons. The van der Waals surface area contributed by atoms with E-state index in [2.05, 4.69) is 195 Å². The topological polar surface area (TPSA) is 73.3 Å². The maximum Gasteiger partial charge on any atom is 0.0997 e. The van der Waals surface area contributed by atoms with Gasteiger partial charge in [-0.2, -0.15) is 0 Å². The van der Waals surface area contributed by atoms with E-state index in [1.54, 1.807) is 0 Å². The summed E-state index contributed by atoms with van der Waals surface area (Å²) in [6.45, 7) is 0. The number of imidazole rings is 2. The summed E-state index contributed by atoms with van der Waals surface area (Å²) >= 11 is 0. The second kappa shape index (κ2) is 15.6. The zero-order chi connectivity index (χ0) is 43.6. The molecule has 0 saturated heterocycles. The number of benzene rings is 6. The average Bonchev–Trinajstić information content (AvgIpc) is 4.10. The fourth-order valence-corrected chi connectivity index (χ4v) is 10.2. The quantitative estimate of drug-likeness (QED) is 0.135. The number of hydrogen-bond acceptors (Lipinski definition) is 5. The van der Waals surface area contributed by atoms with Crippen LogP contribution in [0.5, 0.6) is 0 Å². The Bertz CT molecular complexity index is 3840. The Labute approximate surface area is 380 Å². The molecule has 0 fully saturated rings. The molecule has 0 aliphatic rings. The molecule has 7 aromatic heterocycles. The van der Waals surface area contributed by atoms with Crippen LogP contribution in [0.15, 0.2) is 201 Å². The van der Waals surface area contributed by atoms with Crippen molar-refractivity contribution in [3.63, 3.8) is 0 Å². The maximum atomic E-state index is 5.13. The van der Waals surface area contributed by atoms with Crippen LogP contribution in [0.25, 0.3) is 98.9 Å². The summed E-state index contributed by atoms with van der Waals surface area (Å²) in [5.74, 6) is 0. The summed E-state index contributed by atoms with van der Waals surface area (Å²) in [4.78, 5) is 24.4.